The Morgan fingerprint density at radius 1 is 1.18 bits per heavy atom. The molecule has 0 atom stereocenters. The van der Waals surface area contributed by atoms with E-state index in [1.165, 1.54) is 5.56 Å². The normalized spacial score (nSPS) is 10.2. The predicted octanol–water partition coefficient (Wildman–Crippen LogP) is 2.11. The van der Waals surface area contributed by atoms with Gasteiger partial charge < -0.3 is 15.4 Å². The average Bonchev–Trinajstić information content (AvgIpc) is 2.56. The first-order valence-corrected chi connectivity index (χ1v) is 7.30. The SMILES string of the molecule is COCCNC(=O)c1cc(NCCc2ccccc2)ccn1. The van der Waals surface area contributed by atoms with Gasteiger partial charge in [0.15, 0.2) is 0 Å². The number of anilines is 1. The van der Waals surface area contributed by atoms with Crippen LogP contribution in [0.3, 0.4) is 0 Å². The molecular weight excluding hydrogens is 278 g/mol. The Balaban J connectivity index is 1.84. The van der Waals surface area contributed by atoms with Crippen LogP contribution in [-0.4, -0.2) is 37.7 Å². The maximum absolute atomic E-state index is 11.9. The van der Waals surface area contributed by atoms with Crippen LogP contribution in [0, 0.1) is 0 Å². The Morgan fingerprint density at radius 3 is 2.77 bits per heavy atom. The molecule has 0 unspecified atom stereocenters. The second kappa shape index (κ2) is 8.79. The van der Waals surface area contributed by atoms with Gasteiger partial charge in [-0.25, -0.2) is 0 Å². The van der Waals surface area contributed by atoms with Crippen LogP contribution >= 0.6 is 0 Å². The Kier molecular flexibility index (Phi) is 6.39. The quantitative estimate of drug-likeness (QED) is 0.733. The highest BCUT2D eigenvalue weighted by molar-refractivity contribution is 5.93. The molecule has 2 aromatic rings. The van der Waals surface area contributed by atoms with Crippen molar-refractivity contribution in [1.29, 1.82) is 0 Å². The summed E-state index contributed by atoms with van der Waals surface area (Å²) in [5.74, 6) is -0.191. The first kappa shape index (κ1) is 16.0. The summed E-state index contributed by atoms with van der Waals surface area (Å²) in [5, 5.41) is 6.07. The fourth-order valence-corrected chi connectivity index (χ4v) is 2.02. The van der Waals surface area contributed by atoms with Gasteiger partial charge in [-0.2, -0.15) is 0 Å². The largest absolute Gasteiger partial charge is 0.385 e. The zero-order valence-corrected chi connectivity index (χ0v) is 12.7. The van der Waals surface area contributed by atoms with Gasteiger partial charge in [0.25, 0.3) is 5.91 Å². The minimum atomic E-state index is -0.191. The third-order valence-electron chi connectivity index (χ3n) is 3.17. The van der Waals surface area contributed by atoms with Crippen molar-refractivity contribution in [1.82, 2.24) is 10.3 Å². The Bertz CT molecular complexity index is 587. The lowest BCUT2D eigenvalue weighted by atomic mass is 10.1. The molecule has 0 spiro atoms. The van der Waals surface area contributed by atoms with Gasteiger partial charge in [-0.15, -0.1) is 0 Å². The molecule has 1 aromatic carbocycles. The number of carbonyl (C=O) groups excluding carboxylic acids is 1. The Hall–Kier alpha value is -2.40. The van der Waals surface area contributed by atoms with Gasteiger partial charge in [-0.3, -0.25) is 9.78 Å². The summed E-state index contributed by atoms with van der Waals surface area (Å²) >= 11 is 0. The van der Waals surface area contributed by atoms with Gasteiger partial charge in [-0.1, -0.05) is 30.3 Å². The summed E-state index contributed by atoms with van der Waals surface area (Å²) < 4.78 is 4.90. The van der Waals surface area contributed by atoms with Crippen molar-refractivity contribution >= 4 is 11.6 Å². The molecule has 1 aromatic heterocycles. The van der Waals surface area contributed by atoms with Crippen molar-refractivity contribution in [2.45, 2.75) is 6.42 Å². The third kappa shape index (κ3) is 5.18. The molecule has 22 heavy (non-hydrogen) atoms. The van der Waals surface area contributed by atoms with Crippen LogP contribution in [0.2, 0.25) is 0 Å². The number of carbonyl (C=O) groups is 1. The highest BCUT2D eigenvalue weighted by atomic mass is 16.5. The van der Waals surface area contributed by atoms with Gasteiger partial charge >= 0.3 is 0 Å². The van der Waals surface area contributed by atoms with Gasteiger partial charge in [-0.05, 0) is 24.1 Å². The molecule has 0 saturated heterocycles. The number of hydrogen-bond acceptors (Lipinski definition) is 4. The maximum atomic E-state index is 11.9. The summed E-state index contributed by atoms with van der Waals surface area (Å²) in [7, 11) is 1.60. The fraction of sp³-hybridized carbons (Fsp3) is 0.294. The standard InChI is InChI=1S/C17H21N3O2/c1-22-12-11-20-17(21)16-13-15(8-10-19-16)18-9-7-14-5-3-2-4-6-14/h2-6,8,10,13H,7,9,11-12H2,1H3,(H,18,19)(H,20,21). The van der Waals surface area contributed by atoms with Crippen LogP contribution in [0.25, 0.3) is 0 Å². The molecular formula is C17H21N3O2. The van der Waals surface area contributed by atoms with E-state index in [1.807, 2.05) is 24.3 Å². The van der Waals surface area contributed by atoms with E-state index in [0.29, 0.717) is 18.8 Å². The second-order valence-corrected chi connectivity index (χ2v) is 4.84. The average molecular weight is 299 g/mol. The molecule has 0 saturated carbocycles. The Labute approximate surface area is 130 Å². The molecule has 0 fully saturated rings. The van der Waals surface area contributed by atoms with Crippen LogP contribution in [-0.2, 0) is 11.2 Å². The molecule has 5 nitrogen and oxygen atoms in total. The topological polar surface area (TPSA) is 63.2 Å². The molecule has 1 amide bonds. The van der Waals surface area contributed by atoms with E-state index < -0.39 is 0 Å². The molecule has 0 aliphatic heterocycles. The monoisotopic (exact) mass is 299 g/mol. The highest BCUT2D eigenvalue weighted by Crippen LogP contribution is 2.08. The van der Waals surface area contributed by atoms with Crippen LogP contribution in [0.15, 0.2) is 48.7 Å². The van der Waals surface area contributed by atoms with E-state index in [9.17, 15) is 4.79 Å². The lowest BCUT2D eigenvalue weighted by Gasteiger charge is -2.08. The van der Waals surface area contributed by atoms with Gasteiger partial charge in [0, 0.05) is 32.1 Å². The molecule has 0 bridgehead atoms. The summed E-state index contributed by atoms with van der Waals surface area (Å²) in [6.45, 7) is 1.77. The van der Waals surface area contributed by atoms with Gasteiger partial charge in [0.05, 0.1) is 6.61 Å². The van der Waals surface area contributed by atoms with Gasteiger partial charge in [0.2, 0.25) is 0 Å². The summed E-state index contributed by atoms with van der Waals surface area (Å²) in [6.07, 6.45) is 2.56. The van der Waals surface area contributed by atoms with Crippen molar-refractivity contribution < 1.29 is 9.53 Å². The van der Waals surface area contributed by atoms with Crippen molar-refractivity contribution in [3.8, 4) is 0 Å². The molecule has 2 N–H and O–H groups in total. The number of benzene rings is 1. The molecule has 2 rings (SSSR count). The first-order valence-electron chi connectivity index (χ1n) is 7.30. The molecule has 1 heterocycles. The number of nitrogens with one attached hydrogen (secondary N) is 2. The number of pyridine rings is 1. The number of methoxy groups -OCH3 is 1. The Morgan fingerprint density at radius 2 is 2.00 bits per heavy atom. The van der Waals surface area contributed by atoms with Crippen LogP contribution < -0.4 is 10.6 Å². The lowest BCUT2D eigenvalue weighted by molar-refractivity contribution is 0.0932. The second-order valence-electron chi connectivity index (χ2n) is 4.84. The molecule has 0 radical (unpaired) electrons. The van der Waals surface area contributed by atoms with Crippen LogP contribution in [0.5, 0.6) is 0 Å². The highest BCUT2D eigenvalue weighted by Gasteiger charge is 2.07. The zero-order valence-electron chi connectivity index (χ0n) is 12.7. The smallest absolute Gasteiger partial charge is 0.270 e. The van der Waals surface area contributed by atoms with Crippen molar-refractivity contribution in [2.75, 3.05) is 32.1 Å². The molecule has 0 aliphatic carbocycles. The summed E-state index contributed by atoms with van der Waals surface area (Å²) in [6, 6.07) is 13.9. The van der Waals surface area contributed by atoms with E-state index in [1.54, 1.807) is 19.4 Å². The zero-order chi connectivity index (χ0) is 15.6. The molecule has 5 heteroatoms. The van der Waals surface area contributed by atoms with Crippen LogP contribution in [0.1, 0.15) is 16.1 Å². The van der Waals surface area contributed by atoms with Crippen molar-refractivity contribution in [2.24, 2.45) is 0 Å². The van der Waals surface area contributed by atoms with Gasteiger partial charge in [0.1, 0.15) is 5.69 Å². The number of rotatable bonds is 8. The van der Waals surface area contributed by atoms with E-state index in [2.05, 4.69) is 27.8 Å². The molecule has 0 aliphatic rings. The maximum Gasteiger partial charge on any atom is 0.270 e. The van der Waals surface area contributed by atoms with E-state index >= 15 is 0 Å². The number of nitrogens with zero attached hydrogens (tertiary/aromatic N) is 1. The van der Waals surface area contributed by atoms with E-state index in [0.717, 1.165) is 18.7 Å². The van der Waals surface area contributed by atoms with Crippen LogP contribution in [0.4, 0.5) is 5.69 Å². The van der Waals surface area contributed by atoms with E-state index in [4.69, 9.17) is 4.74 Å². The third-order valence-corrected chi connectivity index (χ3v) is 3.17. The predicted molar refractivity (Wildman–Crippen MR) is 87.1 cm³/mol. The number of hydrogen-bond donors (Lipinski definition) is 2. The summed E-state index contributed by atoms with van der Waals surface area (Å²) in [4.78, 5) is 16.0. The minimum Gasteiger partial charge on any atom is -0.385 e. The van der Waals surface area contributed by atoms with E-state index in [-0.39, 0.29) is 5.91 Å². The fourth-order valence-electron chi connectivity index (χ4n) is 2.02. The number of amides is 1. The van der Waals surface area contributed by atoms with Crippen molar-refractivity contribution in [3.63, 3.8) is 0 Å². The number of ether oxygens (including phenoxy) is 1. The number of aromatic nitrogens is 1. The molecule has 116 valence electrons. The summed E-state index contributed by atoms with van der Waals surface area (Å²) in [5.41, 5.74) is 2.57. The first-order chi connectivity index (χ1) is 10.8. The minimum absolute atomic E-state index is 0.191. The van der Waals surface area contributed by atoms with Crippen molar-refractivity contribution in [3.05, 3.63) is 59.9 Å². The lowest BCUT2D eigenvalue weighted by Crippen LogP contribution is -2.27.